The maximum absolute atomic E-state index is 13.0. The molecule has 0 saturated carbocycles. The van der Waals surface area contributed by atoms with E-state index in [1.807, 2.05) is 37.3 Å². The highest BCUT2D eigenvalue weighted by Gasteiger charge is 2.36. The van der Waals surface area contributed by atoms with Crippen molar-refractivity contribution in [2.45, 2.75) is 44.7 Å². The quantitative estimate of drug-likeness (QED) is 0.316. The number of rotatable bonds is 7. The highest BCUT2D eigenvalue weighted by molar-refractivity contribution is 7.99. The summed E-state index contributed by atoms with van der Waals surface area (Å²) in [7, 11) is 0. The molecule has 28 heavy (non-hydrogen) atoms. The fraction of sp³-hybridized carbons (Fsp3) is 0.381. The van der Waals surface area contributed by atoms with Crippen LogP contribution in [0.3, 0.4) is 0 Å². The van der Waals surface area contributed by atoms with E-state index in [0.717, 1.165) is 24.2 Å². The van der Waals surface area contributed by atoms with Gasteiger partial charge < -0.3 is 15.0 Å². The van der Waals surface area contributed by atoms with Crippen LogP contribution in [0.1, 0.15) is 50.7 Å². The van der Waals surface area contributed by atoms with Crippen molar-refractivity contribution in [2.75, 3.05) is 17.7 Å². The second-order valence-corrected chi connectivity index (χ2v) is 7.65. The number of thioether (sulfide) groups is 1. The minimum absolute atomic E-state index is 0.236. The fourth-order valence-electron chi connectivity index (χ4n) is 3.27. The van der Waals surface area contributed by atoms with Gasteiger partial charge in [-0.15, -0.1) is 0 Å². The first-order valence-electron chi connectivity index (χ1n) is 9.53. The minimum Gasteiger partial charge on any atom is -0.463 e. The number of aromatic amines is 1. The van der Waals surface area contributed by atoms with E-state index < -0.39 is 11.9 Å². The predicted octanol–water partition coefficient (Wildman–Crippen LogP) is 4.06. The van der Waals surface area contributed by atoms with Gasteiger partial charge in [0.05, 0.1) is 23.7 Å². The summed E-state index contributed by atoms with van der Waals surface area (Å²) >= 11 is 1.53. The van der Waals surface area contributed by atoms with Crippen LogP contribution >= 0.6 is 11.8 Å². The zero-order valence-electron chi connectivity index (χ0n) is 16.4. The summed E-state index contributed by atoms with van der Waals surface area (Å²) in [6.07, 6.45) is 2.14. The molecular weight excluding hydrogens is 374 g/mol. The number of aromatic nitrogens is 2. The average Bonchev–Trinajstić information content (AvgIpc) is 2.68. The van der Waals surface area contributed by atoms with Crippen LogP contribution in [-0.2, 0) is 9.53 Å². The highest BCUT2D eigenvalue weighted by Crippen LogP contribution is 2.39. The first-order chi connectivity index (χ1) is 13.6. The molecule has 1 atom stereocenters. The van der Waals surface area contributed by atoms with Crippen LogP contribution in [0.2, 0.25) is 0 Å². The Hall–Kier alpha value is -2.54. The number of hydrogen-bond acceptors (Lipinski definition) is 6. The van der Waals surface area contributed by atoms with E-state index in [1.54, 1.807) is 6.92 Å². The molecule has 0 spiro atoms. The number of hydrogen-bond donors (Lipinski definition) is 2. The maximum atomic E-state index is 13.0. The van der Waals surface area contributed by atoms with Crippen molar-refractivity contribution in [3.63, 3.8) is 0 Å². The van der Waals surface area contributed by atoms with E-state index in [9.17, 15) is 9.59 Å². The molecular formula is C21H25N3O3S. The zero-order chi connectivity index (χ0) is 20.1. The molecule has 0 saturated heterocycles. The normalized spacial score (nSPS) is 15.8. The van der Waals surface area contributed by atoms with E-state index in [4.69, 9.17) is 4.74 Å². The Kier molecular flexibility index (Phi) is 6.57. The van der Waals surface area contributed by atoms with Gasteiger partial charge in [-0.2, -0.15) is 0 Å². The number of nitrogens with zero attached hydrogens (tertiary/aromatic N) is 1. The van der Waals surface area contributed by atoms with Gasteiger partial charge in [-0.3, -0.25) is 4.79 Å². The van der Waals surface area contributed by atoms with Gasteiger partial charge in [0.2, 0.25) is 0 Å². The number of nitrogens with one attached hydrogen (secondary N) is 2. The Balaban J connectivity index is 2.11. The van der Waals surface area contributed by atoms with Crippen LogP contribution in [-0.4, -0.2) is 28.3 Å². The SMILES string of the molecule is CCCCSc1nc2c(c(=O)[nH]1)[C@@H](c1ccccc1)C(C(=O)OCC)=C(C)N2. The van der Waals surface area contributed by atoms with E-state index >= 15 is 0 Å². The van der Waals surface area contributed by atoms with Crippen molar-refractivity contribution in [3.8, 4) is 0 Å². The fourth-order valence-corrected chi connectivity index (χ4v) is 4.22. The monoisotopic (exact) mass is 399 g/mol. The van der Waals surface area contributed by atoms with Gasteiger partial charge in [-0.05, 0) is 25.8 Å². The lowest BCUT2D eigenvalue weighted by molar-refractivity contribution is -0.138. The minimum atomic E-state index is -0.526. The number of esters is 1. The third-order valence-corrected chi connectivity index (χ3v) is 5.55. The van der Waals surface area contributed by atoms with E-state index in [-0.39, 0.29) is 12.2 Å². The van der Waals surface area contributed by atoms with Gasteiger partial charge in [-0.1, -0.05) is 55.4 Å². The van der Waals surface area contributed by atoms with Crippen LogP contribution in [0, 0.1) is 0 Å². The van der Waals surface area contributed by atoms with Crippen molar-refractivity contribution < 1.29 is 9.53 Å². The number of carbonyl (C=O) groups is 1. The second-order valence-electron chi connectivity index (χ2n) is 6.56. The van der Waals surface area contributed by atoms with Gasteiger partial charge in [0.15, 0.2) is 5.16 Å². The molecule has 0 aliphatic carbocycles. The van der Waals surface area contributed by atoms with Gasteiger partial charge in [0.25, 0.3) is 5.56 Å². The molecule has 1 aromatic heterocycles. The van der Waals surface area contributed by atoms with Crippen molar-refractivity contribution in [1.82, 2.24) is 9.97 Å². The van der Waals surface area contributed by atoms with E-state index in [1.165, 1.54) is 11.8 Å². The lowest BCUT2D eigenvalue weighted by Gasteiger charge is -2.28. The van der Waals surface area contributed by atoms with Crippen molar-refractivity contribution >= 4 is 23.5 Å². The molecule has 148 valence electrons. The lowest BCUT2D eigenvalue weighted by Crippen LogP contribution is -2.31. The number of unbranched alkanes of at least 4 members (excludes halogenated alkanes) is 1. The average molecular weight is 400 g/mol. The number of anilines is 1. The number of allylic oxidation sites excluding steroid dienone is 1. The Morgan fingerprint density at radius 1 is 1.25 bits per heavy atom. The largest absolute Gasteiger partial charge is 0.463 e. The molecule has 1 aromatic carbocycles. The first kappa shape index (κ1) is 20.2. The predicted molar refractivity (Wildman–Crippen MR) is 112 cm³/mol. The molecule has 0 amide bonds. The lowest BCUT2D eigenvalue weighted by atomic mass is 9.82. The summed E-state index contributed by atoms with van der Waals surface area (Å²) in [4.78, 5) is 33.2. The van der Waals surface area contributed by atoms with Crippen LogP contribution in [0.5, 0.6) is 0 Å². The van der Waals surface area contributed by atoms with Gasteiger partial charge >= 0.3 is 5.97 Å². The van der Waals surface area contributed by atoms with Crippen molar-refractivity contribution in [1.29, 1.82) is 0 Å². The summed E-state index contributed by atoms with van der Waals surface area (Å²) in [5.41, 5.74) is 2.16. The smallest absolute Gasteiger partial charge is 0.336 e. The van der Waals surface area contributed by atoms with Gasteiger partial charge in [0.1, 0.15) is 5.82 Å². The van der Waals surface area contributed by atoms with Crippen LogP contribution < -0.4 is 10.9 Å². The molecule has 0 fully saturated rings. The van der Waals surface area contributed by atoms with Crippen LogP contribution in [0.25, 0.3) is 0 Å². The number of carbonyl (C=O) groups excluding carboxylic acids is 1. The van der Waals surface area contributed by atoms with Crippen LogP contribution in [0.4, 0.5) is 5.82 Å². The third-order valence-electron chi connectivity index (χ3n) is 4.59. The summed E-state index contributed by atoms with van der Waals surface area (Å²) in [6.45, 7) is 5.98. The van der Waals surface area contributed by atoms with E-state index in [0.29, 0.717) is 27.8 Å². The molecule has 1 aliphatic rings. The highest BCUT2D eigenvalue weighted by atomic mass is 32.2. The number of H-pyrrole nitrogens is 1. The number of ether oxygens (including phenoxy) is 1. The van der Waals surface area contributed by atoms with Crippen molar-refractivity contribution in [3.05, 3.63) is 63.1 Å². The summed E-state index contributed by atoms with van der Waals surface area (Å²) < 4.78 is 5.27. The Morgan fingerprint density at radius 2 is 2.00 bits per heavy atom. The molecule has 0 radical (unpaired) electrons. The molecule has 2 heterocycles. The molecule has 0 unspecified atom stereocenters. The standard InChI is InChI=1S/C21H25N3O3S/c1-4-6-12-28-21-23-18-17(19(25)24-21)16(14-10-8-7-9-11-14)15(13(3)22-18)20(26)27-5-2/h7-11,16H,4-6,12H2,1-3H3,(H2,22,23,24,25)/t16-/m0/s1. The molecule has 2 N–H and O–H groups in total. The third kappa shape index (κ3) is 4.14. The topological polar surface area (TPSA) is 84.1 Å². The molecule has 7 heteroatoms. The molecule has 6 nitrogen and oxygen atoms in total. The molecule has 1 aliphatic heterocycles. The summed E-state index contributed by atoms with van der Waals surface area (Å²) in [6, 6.07) is 9.52. The maximum Gasteiger partial charge on any atom is 0.336 e. The van der Waals surface area contributed by atoms with Crippen LogP contribution in [0.15, 0.2) is 51.6 Å². The molecule has 2 aromatic rings. The summed E-state index contributed by atoms with van der Waals surface area (Å²) in [5, 5.41) is 3.74. The zero-order valence-corrected chi connectivity index (χ0v) is 17.2. The number of benzene rings is 1. The Morgan fingerprint density at radius 3 is 2.68 bits per heavy atom. The van der Waals surface area contributed by atoms with Gasteiger partial charge in [0, 0.05) is 11.4 Å². The second kappa shape index (κ2) is 9.10. The van der Waals surface area contributed by atoms with Gasteiger partial charge in [-0.25, -0.2) is 9.78 Å². The first-order valence-corrected chi connectivity index (χ1v) is 10.5. The Bertz CT molecular complexity index is 938. The van der Waals surface area contributed by atoms with Crippen molar-refractivity contribution in [2.24, 2.45) is 0 Å². The molecule has 3 rings (SSSR count). The summed E-state index contributed by atoms with van der Waals surface area (Å²) in [5.74, 6) is 0.445. The Labute approximate surface area is 168 Å². The number of fused-ring (bicyclic) bond motifs is 1. The molecule has 0 bridgehead atoms. The van der Waals surface area contributed by atoms with E-state index in [2.05, 4.69) is 22.2 Å².